The van der Waals surface area contributed by atoms with E-state index >= 15 is 0 Å². The Morgan fingerprint density at radius 2 is 1.63 bits per heavy atom. The molecule has 0 amide bonds. The van der Waals surface area contributed by atoms with Crippen LogP contribution < -0.4 is 0 Å². The van der Waals surface area contributed by atoms with Crippen LogP contribution in [0.5, 0.6) is 0 Å². The lowest BCUT2D eigenvalue weighted by Crippen LogP contribution is -2.00. The molecule has 2 aromatic carbocycles. The first-order chi connectivity index (χ1) is 14.4. The molecule has 2 heterocycles. The van der Waals surface area contributed by atoms with Crippen molar-refractivity contribution in [2.45, 2.75) is 39.5 Å². The van der Waals surface area contributed by atoms with Crippen molar-refractivity contribution in [1.82, 2.24) is 14.8 Å². The summed E-state index contributed by atoms with van der Waals surface area (Å²) in [5, 5.41) is 4.95. The summed E-state index contributed by atoms with van der Waals surface area (Å²) in [7, 11) is 0. The molecule has 3 nitrogen and oxygen atoms in total. The lowest BCUT2D eigenvalue weighted by atomic mass is 10.0. The third-order valence-corrected chi connectivity index (χ3v) is 5.21. The highest BCUT2D eigenvalue weighted by Crippen LogP contribution is 2.36. The van der Waals surface area contributed by atoms with Crippen molar-refractivity contribution in [2.24, 2.45) is 0 Å². The summed E-state index contributed by atoms with van der Waals surface area (Å²) in [6.07, 6.45) is -1.78. The Hall–Kier alpha value is -3.15. The number of halogens is 3. The minimum atomic E-state index is -2.67. The first kappa shape index (κ1) is 20.1. The van der Waals surface area contributed by atoms with E-state index in [2.05, 4.69) is 12.0 Å². The van der Waals surface area contributed by atoms with Gasteiger partial charge in [-0.3, -0.25) is 0 Å². The molecule has 0 bridgehead atoms. The number of fused-ring (bicyclic) bond motifs is 1. The zero-order valence-electron chi connectivity index (χ0n) is 17.0. The molecule has 0 spiro atoms. The molecule has 4 rings (SSSR count). The average molecular weight is 409 g/mol. The molecule has 0 unspecified atom stereocenters. The van der Waals surface area contributed by atoms with Gasteiger partial charge in [-0.1, -0.05) is 45.0 Å². The molecule has 0 atom stereocenters. The SMILES string of the molecule is CCc1ccc(-c2cc(C(F)F)c3c(C(C)C)nn(-c4ccc(F)cc4)c3n2)cc1. The van der Waals surface area contributed by atoms with Gasteiger partial charge >= 0.3 is 0 Å². The second-order valence-corrected chi connectivity index (χ2v) is 7.57. The minimum Gasteiger partial charge on any atom is -0.228 e. The van der Waals surface area contributed by atoms with Gasteiger partial charge in [0.1, 0.15) is 5.82 Å². The second-order valence-electron chi connectivity index (χ2n) is 7.57. The van der Waals surface area contributed by atoms with Crippen LogP contribution in [0.1, 0.15) is 49.9 Å². The number of nitrogens with zero attached hydrogens (tertiary/aromatic N) is 3. The third kappa shape index (κ3) is 3.58. The van der Waals surface area contributed by atoms with Gasteiger partial charge in [0.15, 0.2) is 5.65 Å². The maximum Gasteiger partial charge on any atom is 0.264 e. The van der Waals surface area contributed by atoms with Crippen LogP contribution in [0.15, 0.2) is 54.6 Å². The highest BCUT2D eigenvalue weighted by atomic mass is 19.3. The fourth-order valence-electron chi connectivity index (χ4n) is 3.57. The van der Waals surface area contributed by atoms with Crippen molar-refractivity contribution < 1.29 is 13.2 Å². The first-order valence-corrected chi connectivity index (χ1v) is 9.96. The summed E-state index contributed by atoms with van der Waals surface area (Å²) in [5.74, 6) is -0.458. The van der Waals surface area contributed by atoms with Crippen LogP contribution >= 0.6 is 0 Å². The van der Waals surface area contributed by atoms with Gasteiger partial charge < -0.3 is 0 Å². The number of hydrogen-bond acceptors (Lipinski definition) is 2. The van der Waals surface area contributed by atoms with Crippen LogP contribution in [0.4, 0.5) is 13.2 Å². The molecule has 0 radical (unpaired) electrons. The molecule has 0 aliphatic carbocycles. The van der Waals surface area contributed by atoms with E-state index in [0.29, 0.717) is 28.1 Å². The van der Waals surface area contributed by atoms with Crippen molar-refractivity contribution in [3.63, 3.8) is 0 Å². The maximum atomic E-state index is 14.1. The highest BCUT2D eigenvalue weighted by molar-refractivity contribution is 5.87. The molecule has 154 valence electrons. The normalized spacial score (nSPS) is 11.7. The number of hydrogen-bond donors (Lipinski definition) is 0. The number of alkyl halides is 2. The van der Waals surface area contributed by atoms with E-state index in [-0.39, 0.29) is 17.3 Å². The van der Waals surface area contributed by atoms with Crippen molar-refractivity contribution in [3.8, 4) is 16.9 Å². The Morgan fingerprint density at radius 1 is 0.967 bits per heavy atom. The van der Waals surface area contributed by atoms with Crippen LogP contribution in [0.2, 0.25) is 0 Å². The van der Waals surface area contributed by atoms with Gasteiger partial charge in [0.05, 0.1) is 22.5 Å². The minimum absolute atomic E-state index is 0.0804. The molecule has 2 aromatic heterocycles. The third-order valence-electron chi connectivity index (χ3n) is 5.21. The molecule has 0 aliphatic rings. The van der Waals surface area contributed by atoms with E-state index in [1.54, 1.807) is 12.1 Å². The summed E-state index contributed by atoms with van der Waals surface area (Å²) < 4.78 is 43.2. The van der Waals surface area contributed by atoms with Gasteiger partial charge in [0.2, 0.25) is 0 Å². The predicted octanol–water partition coefficient (Wildman–Crippen LogP) is 6.85. The molecular formula is C24H22F3N3. The van der Waals surface area contributed by atoms with Crippen molar-refractivity contribution in [3.05, 3.63) is 77.2 Å². The molecule has 30 heavy (non-hydrogen) atoms. The summed E-state index contributed by atoms with van der Waals surface area (Å²) >= 11 is 0. The lowest BCUT2D eigenvalue weighted by Gasteiger charge is -2.10. The quantitative estimate of drug-likeness (QED) is 0.361. The number of benzene rings is 2. The summed E-state index contributed by atoms with van der Waals surface area (Å²) in [6, 6.07) is 15.0. The van der Waals surface area contributed by atoms with Gasteiger partial charge in [-0.2, -0.15) is 5.10 Å². The number of aromatic nitrogens is 3. The second kappa shape index (κ2) is 7.94. The van der Waals surface area contributed by atoms with Gasteiger partial charge in [0, 0.05) is 11.1 Å². The molecule has 0 fully saturated rings. The molecule has 4 aromatic rings. The standard InChI is InChI=1S/C24H22F3N3/c1-4-15-5-7-16(8-6-15)20-13-19(23(26)27)21-22(14(2)3)29-30(24(21)28-20)18-11-9-17(25)10-12-18/h5-14,23H,4H2,1-3H3. The summed E-state index contributed by atoms with van der Waals surface area (Å²) in [6.45, 7) is 5.87. The Morgan fingerprint density at radius 3 is 2.20 bits per heavy atom. The highest BCUT2D eigenvalue weighted by Gasteiger charge is 2.24. The smallest absolute Gasteiger partial charge is 0.228 e. The summed E-state index contributed by atoms with van der Waals surface area (Å²) in [5.41, 5.74) is 3.74. The Bertz CT molecular complexity index is 1180. The Labute approximate surface area is 173 Å². The van der Waals surface area contributed by atoms with Gasteiger partial charge in [-0.15, -0.1) is 0 Å². The Kier molecular flexibility index (Phi) is 5.33. The van der Waals surface area contributed by atoms with Crippen molar-refractivity contribution in [1.29, 1.82) is 0 Å². The monoisotopic (exact) mass is 409 g/mol. The number of aryl methyl sites for hydroxylation is 1. The first-order valence-electron chi connectivity index (χ1n) is 9.96. The number of pyridine rings is 1. The fraction of sp³-hybridized carbons (Fsp3) is 0.250. The van der Waals surface area contributed by atoms with E-state index < -0.39 is 6.43 Å². The average Bonchev–Trinajstić information content (AvgIpc) is 3.13. The topological polar surface area (TPSA) is 30.7 Å². The zero-order chi connectivity index (χ0) is 21.4. The van der Waals surface area contributed by atoms with Gasteiger partial charge in [0.25, 0.3) is 6.43 Å². The van der Waals surface area contributed by atoms with Crippen LogP contribution in [0, 0.1) is 5.82 Å². The van der Waals surface area contributed by atoms with Crippen LogP contribution in [0.25, 0.3) is 28.0 Å². The zero-order valence-corrected chi connectivity index (χ0v) is 17.0. The van der Waals surface area contributed by atoms with Crippen molar-refractivity contribution in [2.75, 3.05) is 0 Å². The predicted molar refractivity (Wildman–Crippen MR) is 113 cm³/mol. The molecule has 6 heteroatoms. The molecular weight excluding hydrogens is 387 g/mol. The van der Waals surface area contributed by atoms with E-state index in [1.807, 2.05) is 38.1 Å². The van der Waals surface area contributed by atoms with E-state index in [9.17, 15) is 13.2 Å². The van der Waals surface area contributed by atoms with Crippen LogP contribution in [0.3, 0.4) is 0 Å². The van der Waals surface area contributed by atoms with Gasteiger partial charge in [-0.25, -0.2) is 22.8 Å². The van der Waals surface area contributed by atoms with Crippen LogP contribution in [-0.2, 0) is 6.42 Å². The van der Waals surface area contributed by atoms with E-state index in [1.165, 1.54) is 22.9 Å². The maximum absolute atomic E-state index is 14.1. The fourth-order valence-corrected chi connectivity index (χ4v) is 3.57. The number of rotatable bonds is 5. The molecule has 0 aliphatic heterocycles. The van der Waals surface area contributed by atoms with Crippen LogP contribution in [-0.4, -0.2) is 14.8 Å². The summed E-state index contributed by atoms with van der Waals surface area (Å²) in [4.78, 5) is 4.72. The molecule has 0 saturated carbocycles. The van der Waals surface area contributed by atoms with Crippen molar-refractivity contribution >= 4 is 11.0 Å². The van der Waals surface area contributed by atoms with E-state index in [4.69, 9.17) is 4.98 Å². The van der Waals surface area contributed by atoms with Gasteiger partial charge in [-0.05, 0) is 48.2 Å². The van der Waals surface area contributed by atoms with E-state index in [0.717, 1.165) is 17.5 Å². The Balaban J connectivity index is 2.02. The largest absolute Gasteiger partial charge is 0.264 e. The lowest BCUT2D eigenvalue weighted by molar-refractivity contribution is 0.153. The molecule has 0 saturated heterocycles. The molecule has 0 N–H and O–H groups in total.